The number of nitrogens with zero attached hydrogens (tertiary/aromatic N) is 2. The standard InChI is InChI=1S/C17H23N3.ClH/c1-12-4-6-16-8-15(5-7-17(16)19-12)11-20-9-13(2)18-14(3)10-20;/h4-8,13-14,18H,9-11H2,1-3H3;1H. The van der Waals surface area contributed by atoms with Crippen molar-refractivity contribution < 1.29 is 0 Å². The van der Waals surface area contributed by atoms with Crippen molar-refractivity contribution in [2.45, 2.75) is 39.4 Å². The molecule has 1 saturated heterocycles. The van der Waals surface area contributed by atoms with E-state index in [1.165, 1.54) is 10.9 Å². The number of rotatable bonds is 2. The molecule has 0 spiro atoms. The summed E-state index contributed by atoms with van der Waals surface area (Å²) in [7, 11) is 0. The fraction of sp³-hybridized carbons (Fsp3) is 0.471. The number of aromatic nitrogens is 1. The minimum Gasteiger partial charge on any atom is -0.309 e. The van der Waals surface area contributed by atoms with Gasteiger partial charge >= 0.3 is 0 Å². The molecule has 114 valence electrons. The van der Waals surface area contributed by atoms with E-state index in [1.807, 2.05) is 6.92 Å². The Kier molecular flexibility index (Phi) is 5.20. The first-order valence-electron chi connectivity index (χ1n) is 7.45. The quantitative estimate of drug-likeness (QED) is 0.924. The second-order valence-corrected chi connectivity index (χ2v) is 6.14. The molecule has 0 radical (unpaired) electrons. The monoisotopic (exact) mass is 305 g/mol. The second-order valence-electron chi connectivity index (χ2n) is 6.14. The molecule has 1 aliphatic rings. The van der Waals surface area contributed by atoms with Gasteiger partial charge < -0.3 is 5.32 Å². The van der Waals surface area contributed by atoms with Gasteiger partial charge in [0, 0.05) is 42.8 Å². The van der Waals surface area contributed by atoms with Crippen LogP contribution in [0.25, 0.3) is 10.9 Å². The summed E-state index contributed by atoms with van der Waals surface area (Å²) in [6.45, 7) is 9.82. The summed E-state index contributed by atoms with van der Waals surface area (Å²) in [4.78, 5) is 7.10. The number of pyridine rings is 1. The third kappa shape index (κ3) is 3.94. The molecule has 21 heavy (non-hydrogen) atoms. The van der Waals surface area contributed by atoms with Crippen LogP contribution in [0.2, 0.25) is 0 Å². The van der Waals surface area contributed by atoms with Crippen molar-refractivity contribution in [3.63, 3.8) is 0 Å². The Hall–Kier alpha value is -1.16. The van der Waals surface area contributed by atoms with E-state index in [9.17, 15) is 0 Å². The van der Waals surface area contributed by atoms with Crippen molar-refractivity contribution >= 4 is 23.3 Å². The Morgan fingerprint density at radius 1 is 1.14 bits per heavy atom. The topological polar surface area (TPSA) is 28.2 Å². The summed E-state index contributed by atoms with van der Waals surface area (Å²) in [5.41, 5.74) is 3.55. The first-order chi connectivity index (χ1) is 9.60. The lowest BCUT2D eigenvalue weighted by molar-refractivity contribution is 0.166. The molecule has 0 bridgehead atoms. The average Bonchev–Trinajstić information content (AvgIpc) is 2.38. The maximum atomic E-state index is 4.56. The normalized spacial score (nSPS) is 23.0. The molecule has 1 aliphatic heterocycles. The van der Waals surface area contributed by atoms with Crippen molar-refractivity contribution in [3.05, 3.63) is 41.6 Å². The number of hydrogen-bond acceptors (Lipinski definition) is 3. The summed E-state index contributed by atoms with van der Waals surface area (Å²) in [5.74, 6) is 0. The molecule has 2 unspecified atom stereocenters. The van der Waals surface area contributed by atoms with Crippen LogP contribution in [0.5, 0.6) is 0 Å². The van der Waals surface area contributed by atoms with Gasteiger partial charge in [-0.2, -0.15) is 0 Å². The number of aryl methyl sites for hydroxylation is 1. The molecule has 1 aromatic carbocycles. The summed E-state index contributed by atoms with van der Waals surface area (Å²) in [6.07, 6.45) is 0. The number of fused-ring (bicyclic) bond motifs is 1. The molecular weight excluding hydrogens is 282 g/mol. The van der Waals surface area contributed by atoms with E-state index >= 15 is 0 Å². The van der Waals surface area contributed by atoms with Crippen molar-refractivity contribution in [1.29, 1.82) is 0 Å². The first kappa shape index (κ1) is 16.2. The summed E-state index contributed by atoms with van der Waals surface area (Å²) in [6, 6.07) is 12.0. The van der Waals surface area contributed by atoms with Crippen LogP contribution in [0.3, 0.4) is 0 Å². The molecule has 2 aromatic rings. The van der Waals surface area contributed by atoms with Crippen molar-refractivity contribution in [2.75, 3.05) is 13.1 Å². The van der Waals surface area contributed by atoms with Crippen LogP contribution in [0.15, 0.2) is 30.3 Å². The number of hydrogen-bond donors (Lipinski definition) is 1. The van der Waals surface area contributed by atoms with E-state index in [0.717, 1.165) is 30.8 Å². The van der Waals surface area contributed by atoms with Gasteiger partial charge in [-0.25, -0.2) is 0 Å². The lowest BCUT2D eigenvalue weighted by Crippen LogP contribution is -2.53. The molecule has 3 rings (SSSR count). The van der Waals surface area contributed by atoms with Crippen LogP contribution in [0.1, 0.15) is 25.1 Å². The van der Waals surface area contributed by atoms with Crippen LogP contribution in [0.4, 0.5) is 0 Å². The molecule has 4 heteroatoms. The zero-order valence-electron chi connectivity index (χ0n) is 13.0. The summed E-state index contributed by atoms with van der Waals surface area (Å²) < 4.78 is 0. The van der Waals surface area contributed by atoms with Gasteiger partial charge in [0.25, 0.3) is 0 Å². The van der Waals surface area contributed by atoms with Crippen molar-refractivity contribution in [1.82, 2.24) is 15.2 Å². The van der Waals surface area contributed by atoms with Gasteiger partial charge in [-0.1, -0.05) is 12.1 Å². The predicted octanol–water partition coefficient (Wildman–Crippen LogP) is 3.15. The first-order valence-corrected chi connectivity index (χ1v) is 7.45. The van der Waals surface area contributed by atoms with Gasteiger partial charge in [0.05, 0.1) is 5.52 Å². The van der Waals surface area contributed by atoms with E-state index in [-0.39, 0.29) is 12.4 Å². The maximum Gasteiger partial charge on any atom is 0.0705 e. The molecule has 0 amide bonds. The molecule has 3 nitrogen and oxygen atoms in total. The van der Waals surface area contributed by atoms with Gasteiger partial charge in [-0.05, 0) is 44.5 Å². The minimum absolute atomic E-state index is 0. The SMILES string of the molecule is Cc1ccc2cc(CN3CC(C)NC(C)C3)ccc2n1.Cl. The molecule has 0 aliphatic carbocycles. The molecule has 0 saturated carbocycles. The zero-order valence-corrected chi connectivity index (χ0v) is 13.8. The van der Waals surface area contributed by atoms with Crippen LogP contribution in [-0.2, 0) is 6.54 Å². The molecule has 2 atom stereocenters. The lowest BCUT2D eigenvalue weighted by atomic mass is 10.1. The van der Waals surface area contributed by atoms with Crippen molar-refractivity contribution in [2.24, 2.45) is 0 Å². The van der Waals surface area contributed by atoms with Gasteiger partial charge in [-0.15, -0.1) is 12.4 Å². The number of benzene rings is 1. The Balaban J connectivity index is 0.00000161. The van der Waals surface area contributed by atoms with E-state index < -0.39 is 0 Å². The summed E-state index contributed by atoms with van der Waals surface area (Å²) in [5, 5.41) is 4.82. The highest BCUT2D eigenvalue weighted by Gasteiger charge is 2.20. The molecule has 1 fully saturated rings. The van der Waals surface area contributed by atoms with Crippen LogP contribution in [0, 0.1) is 6.92 Å². The third-order valence-corrected chi connectivity index (χ3v) is 3.93. The maximum absolute atomic E-state index is 4.56. The Bertz CT molecular complexity index is 604. The van der Waals surface area contributed by atoms with E-state index in [0.29, 0.717) is 12.1 Å². The van der Waals surface area contributed by atoms with E-state index in [4.69, 9.17) is 0 Å². The van der Waals surface area contributed by atoms with Gasteiger partial charge in [0.1, 0.15) is 0 Å². The molecule has 1 aromatic heterocycles. The Morgan fingerprint density at radius 2 is 1.86 bits per heavy atom. The fourth-order valence-electron chi connectivity index (χ4n) is 3.20. The average molecular weight is 306 g/mol. The summed E-state index contributed by atoms with van der Waals surface area (Å²) >= 11 is 0. The predicted molar refractivity (Wildman–Crippen MR) is 91.1 cm³/mol. The number of nitrogens with one attached hydrogen (secondary N) is 1. The van der Waals surface area contributed by atoms with E-state index in [1.54, 1.807) is 0 Å². The van der Waals surface area contributed by atoms with Gasteiger partial charge in [-0.3, -0.25) is 9.88 Å². The smallest absolute Gasteiger partial charge is 0.0705 e. The highest BCUT2D eigenvalue weighted by Crippen LogP contribution is 2.17. The lowest BCUT2D eigenvalue weighted by Gasteiger charge is -2.36. The minimum atomic E-state index is 0. The molecule has 2 heterocycles. The van der Waals surface area contributed by atoms with Crippen LogP contribution >= 0.6 is 12.4 Å². The third-order valence-electron chi connectivity index (χ3n) is 3.93. The van der Waals surface area contributed by atoms with Gasteiger partial charge in [0.2, 0.25) is 0 Å². The zero-order chi connectivity index (χ0) is 14.1. The second kappa shape index (κ2) is 6.73. The largest absolute Gasteiger partial charge is 0.309 e. The highest BCUT2D eigenvalue weighted by molar-refractivity contribution is 5.85. The Labute approximate surface area is 133 Å². The van der Waals surface area contributed by atoms with E-state index in [2.05, 4.69) is 59.4 Å². The number of piperazine rings is 1. The molecular formula is C17H24ClN3. The van der Waals surface area contributed by atoms with Crippen molar-refractivity contribution in [3.8, 4) is 0 Å². The van der Waals surface area contributed by atoms with Crippen LogP contribution in [-0.4, -0.2) is 35.1 Å². The fourth-order valence-corrected chi connectivity index (χ4v) is 3.20. The number of halogens is 1. The highest BCUT2D eigenvalue weighted by atomic mass is 35.5. The Morgan fingerprint density at radius 3 is 2.57 bits per heavy atom. The van der Waals surface area contributed by atoms with Crippen LogP contribution < -0.4 is 5.32 Å². The van der Waals surface area contributed by atoms with Gasteiger partial charge in [0.15, 0.2) is 0 Å². The molecule has 1 N–H and O–H groups in total.